The third-order valence-electron chi connectivity index (χ3n) is 4.88. The lowest BCUT2D eigenvalue weighted by molar-refractivity contribution is -0.136. The number of likely N-dealkylation sites (tertiary alicyclic amines) is 1. The second kappa shape index (κ2) is 7.67. The molecule has 1 amide bonds. The zero-order chi connectivity index (χ0) is 16.2. The van der Waals surface area contributed by atoms with Gasteiger partial charge in [0.05, 0.1) is 5.92 Å². The van der Waals surface area contributed by atoms with E-state index in [4.69, 9.17) is 0 Å². The van der Waals surface area contributed by atoms with Crippen LogP contribution >= 0.6 is 11.8 Å². The molecule has 2 heterocycles. The van der Waals surface area contributed by atoms with Gasteiger partial charge >= 0.3 is 0 Å². The molecule has 23 heavy (non-hydrogen) atoms. The molecule has 0 aromatic heterocycles. The van der Waals surface area contributed by atoms with Gasteiger partial charge in [-0.25, -0.2) is 4.39 Å². The summed E-state index contributed by atoms with van der Waals surface area (Å²) in [6.45, 7) is 3.49. The summed E-state index contributed by atoms with van der Waals surface area (Å²) in [5.41, 5.74) is 0.782. The minimum Gasteiger partial charge on any atom is -0.342 e. The van der Waals surface area contributed by atoms with Crippen LogP contribution in [0, 0.1) is 11.7 Å². The largest absolute Gasteiger partial charge is 0.342 e. The standard InChI is InChI=1S/C18H25FN2OS/c1-20-9-4-5-14(13-20)18(22)21-10-8-17(23-12-11-21)15-6-2-3-7-16(15)19/h2-3,6-7,14,17H,4-5,8-13H2,1H3. The zero-order valence-electron chi connectivity index (χ0n) is 13.7. The van der Waals surface area contributed by atoms with E-state index in [0.29, 0.717) is 5.91 Å². The predicted octanol–water partition coefficient (Wildman–Crippen LogP) is 3.17. The van der Waals surface area contributed by atoms with Crippen molar-refractivity contribution in [3.05, 3.63) is 35.6 Å². The maximum atomic E-state index is 14.0. The smallest absolute Gasteiger partial charge is 0.227 e. The molecule has 2 aliphatic heterocycles. The third-order valence-corrected chi connectivity index (χ3v) is 6.19. The van der Waals surface area contributed by atoms with E-state index in [9.17, 15) is 9.18 Å². The van der Waals surface area contributed by atoms with Gasteiger partial charge in [0.25, 0.3) is 0 Å². The molecule has 1 aromatic carbocycles. The number of halogens is 1. The molecule has 0 radical (unpaired) electrons. The molecule has 3 rings (SSSR count). The Labute approximate surface area is 142 Å². The van der Waals surface area contributed by atoms with Crippen LogP contribution in [0.5, 0.6) is 0 Å². The molecule has 2 unspecified atom stereocenters. The summed E-state index contributed by atoms with van der Waals surface area (Å²) in [6.07, 6.45) is 2.94. The molecule has 2 aliphatic rings. The molecule has 0 bridgehead atoms. The molecular weight excluding hydrogens is 311 g/mol. The van der Waals surface area contributed by atoms with Crippen molar-refractivity contribution in [1.82, 2.24) is 9.80 Å². The van der Waals surface area contributed by atoms with Crippen molar-refractivity contribution in [3.8, 4) is 0 Å². The Morgan fingerprint density at radius 1 is 1.22 bits per heavy atom. The lowest BCUT2D eigenvalue weighted by atomic mass is 9.96. The quantitative estimate of drug-likeness (QED) is 0.829. The summed E-state index contributed by atoms with van der Waals surface area (Å²) in [5.74, 6) is 1.20. The fourth-order valence-corrected chi connectivity index (χ4v) is 4.85. The Kier molecular flexibility index (Phi) is 5.59. The van der Waals surface area contributed by atoms with Gasteiger partial charge in [0.1, 0.15) is 5.82 Å². The van der Waals surface area contributed by atoms with Gasteiger partial charge in [-0.2, -0.15) is 11.8 Å². The van der Waals surface area contributed by atoms with E-state index in [1.54, 1.807) is 17.8 Å². The fourth-order valence-electron chi connectivity index (χ4n) is 3.60. The van der Waals surface area contributed by atoms with E-state index in [0.717, 1.165) is 56.8 Å². The van der Waals surface area contributed by atoms with E-state index in [2.05, 4.69) is 11.9 Å². The lowest BCUT2D eigenvalue weighted by Gasteiger charge is -2.32. The molecule has 2 saturated heterocycles. The van der Waals surface area contributed by atoms with Crippen molar-refractivity contribution in [3.63, 3.8) is 0 Å². The summed E-state index contributed by atoms with van der Waals surface area (Å²) >= 11 is 1.78. The maximum Gasteiger partial charge on any atom is 0.227 e. The van der Waals surface area contributed by atoms with Crippen LogP contribution in [0.1, 0.15) is 30.1 Å². The van der Waals surface area contributed by atoms with Gasteiger partial charge in [0.15, 0.2) is 0 Å². The first kappa shape index (κ1) is 16.8. The van der Waals surface area contributed by atoms with Crippen LogP contribution in [0.15, 0.2) is 24.3 Å². The van der Waals surface area contributed by atoms with E-state index in [1.807, 2.05) is 17.0 Å². The van der Waals surface area contributed by atoms with Crippen molar-refractivity contribution in [1.29, 1.82) is 0 Å². The molecule has 0 aliphatic carbocycles. The fraction of sp³-hybridized carbons (Fsp3) is 0.611. The molecule has 5 heteroatoms. The van der Waals surface area contributed by atoms with Crippen LogP contribution in [-0.4, -0.2) is 54.7 Å². The Morgan fingerprint density at radius 3 is 2.83 bits per heavy atom. The highest BCUT2D eigenvalue weighted by Gasteiger charge is 2.30. The monoisotopic (exact) mass is 336 g/mol. The Bertz CT molecular complexity index is 554. The number of rotatable bonds is 2. The van der Waals surface area contributed by atoms with Crippen LogP contribution < -0.4 is 0 Å². The van der Waals surface area contributed by atoms with Crippen LogP contribution in [-0.2, 0) is 4.79 Å². The predicted molar refractivity (Wildman–Crippen MR) is 93.0 cm³/mol. The summed E-state index contributed by atoms with van der Waals surface area (Å²) in [5, 5.41) is 0.156. The van der Waals surface area contributed by atoms with Crippen molar-refractivity contribution in [2.45, 2.75) is 24.5 Å². The van der Waals surface area contributed by atoms with Gasteiger partial charge < -0.3 is 9.80 Å². The number of hydrogen-bond donors (Lipinski definition) is 0. The minimum atomic E-state index is -0.126. The number of piperidine rings is 1. The summed E-state index contributed by atoms with van der Waals surface area (Å²) < 4.78 is 14.0. The average molecular weight is 336 g/mol. The van der Waals surface area contributed by atoms with Crippen LogP contribution in [0.3, 0.4) is 0 Å². The van der Waals surface area contributed by atoms with E-state index in [1.165, 1.54) is 6.07 Å². The first-order valence-electron chi connectivity index (χ1n) is 8.48. The van der Waals surface area contributed by atoms with Crippen molar-refractivity contribution < 1.29 is 9.18 Å². The number of thioether (sulfide) groups is 1. The summed E-state index contributed by atoms with van der Waals surface area (Å²) in [4.78, 5) is 17.0. The van der Waals surface area contributed by atoms with Crippen molar-refractivity contribution in [2.24, 2.45) is 5.92 Å². The number of carbonyl (C=O) groups is 1. The molecule has 3 nitrogen and oxygen atoms in total. The second-order valence-electron chi connectivity index (χ2n) is 6.60. The third kappa shape index (κ3) is 4.07. The van der Waals surface area contributed by atoms with Gasteiger partial charge in [-0.15, -0.1) is 0 Å². The van der Waals surface area contributed by atoms with E-state index < -0.39 is 0 Å². The van der Waals surface area contributed by atoms with E-state index >= 15 is 0 Å². The molecule has 126 valence electrons. The van der Waals surface area contributed by atoms with Crippen molar-refractivity contribution in [2.75, 3.05) is 39.0 Å². The van der Waals surface area contributed by atoms with Crippen LogP contribution in [0.2, 0.25) is 0 Å². The molecule has 2 fully saturated rings. The SMILES string of the molecule is CN1CCCC(C(=O)N2CCSC(c3ccccc3F)CC2)C1. The molecular formula is C18H25FN2OS. The number of nitrogens with zero attached hydrogens (tertiary/aromatic N) is 2. The molecule has 0 saturated carbocycles. The van der Waals surface area contributed by atoms with Crippen molar-refractivity contribution >= 4 is 17.7 Å². The Balaban J connectivity index is 1.62. The van der Waals surface area contributed by atoms with Gasteiger partial charge in [-0.05, 0) is 38.9 Å². The molecule has 2 atom stereocenters. The molecule has 0 N–H and O–H groups in total. The highest BCUT2D eigenvalue weighted by Crippen LogP contribution is 2.36. The molecule has 0 spiro atoms. The highest BCUT2D eigenvalue weighted by molar-refractivity contribution is 7.99. The highest BCUT2D eigenvalue weighted by atomic mass is 32.2. The summed E-state index contributed by atoms with van der Waals surface area (Å²) in [7, 11) is 2.09. The first-order valence-corrected chi connectivity index (χ1v) is 9.53. The van der Waals surface area contributed by atoms with Crippen LogP contribution in [0.4, 0.5) is 4.39 Å². The maximum absolute atomic E-state index is 14.0. The average Bonchev–Trinajstić information content (AvgIpc) is 2.80. The number of carbonyl (C=O) groups excluding carboxylic acids is 1. The Hall–Kier alpha value is -1.07. The first-order chi connectivity index (χ1) is 11.1. The number of hydrogen-bond acceptors (Lipinski definition) is 3. The zero-order valence-corrected chi connectivity index (χ0v) is 14.5. The number of amides is 1. The summed E-state index contributed by atoms with van der Waals surface area (Å²) in [6, 6.07) is 7.03. The number of benzene rings is 1. The van der Waals surface area contributed by atoms with Gasteiger partial charge in [0.2, 0.25) is 5.91 Å². The van der Waals surface area contributed by atoms with Gasteiger partial charge in [0, 0.05) is 36.2 Å². The normalized spacial score (nSPS) is 26.8. The minimum absolute atomic E-state index is 0.126. The topological polar surface area (TPSA) is 23.6 Å². The second-order valence-corrected chi connectivity index (χ2v) is 7.91. The van der Waals surface area contributed by atoms with Gasteiger partial charge in [-0.1, -0.05) is 18.2 Å². The van der Waals surface area contributed by atoms with Gasteiger partial charge in [-0.3, -0.25) is 4.79 Å². The Morgan fingerprint density at radius 2 is 2.04 bits per heavy atom. The molecule has 1 aromatic rings. The van der Waals surface area contributed by atoms with Crippen LogP contribution in [0.25, 0.3) is 0 Å². The van der Waals surface area contributed by atoms with E-state index in [-0.39, 0.29) is 17.0 Å². The lowest BCUT2D eigenvalue weighted by Crippen LogP contribution is -2.44.